The van der Waals surface area contributed by atoms with Crippen molar-refractivity contribution in [3.05, 3.63) is 0 Å². The summed E-state index contributed by atoms with van der Waals surface area (Å²) in [5, 5.41) is 3.20. The maximum Gasteiger partial charge on any atom is 0.323 e. The minimum atomic E-state index is 0.379. The van der Waals surface area contributed by atoms with Crippen LogP contribution >= 0.6 is 0 Å². The topological polar surface area (TPSA) is 72.4 Å². The highest BCUT2D eigenvalue weighted by atomic mass is 16.5. The lowest BCUT2D eigenvalue weighted by Crippen LogP contribution is -2.31. The third-order valence-electron chi connectivity index (χ3n) is 3.19. The average Bonchev–Trinajstić information content (AvgIpc) is 3.30. The first-order valence-corrected chi connectivity index (χ1v) is 7.66. The number of aromatic nitrogens is 3. The molecule has 2 rings (SSSR count). The predicted molar refractivity (Wildman–Crippen MR) is 82.0 cm³/mol. The Balaban J connectivity index is 2.19. The van der Waals surface area contributed by atoms with Crippen molar-refractivity contribution in [3.63, 3.8) is 0 Å². The van der Waals surface area contributed by atoms with Gasteiger partial charge in [-0.25, -0.2) is 0 Å². The molecule has 0 spiro atoms. The molecular formula is C14H25N5O2. The molecule has 118 valence electrons. The number of ether oxygens (including phenoxy) is 2. The molecule has 0 unspecified atom stereocenters. The molecule has 1 heterocycles. The van der Waals surface area contributed by atoms with E-state index in [0.29, 0.717) is 37.2 Å². The molecule has 0 aromatic carbocycles. The summed E-state index contributed by atoms with van der Waals surface area (Å²) in [4.78, 5) is 15.4. The largest absolute Gasteiger partial charge is 0.464 e. The Hall–Kier alpha value is -1.63. The number of nitrogens with one attached hydrogen (secondary N) is 1. The first-order chi connectivity index (χ1) is 10.3. The van der Waals surface area contributed by atoms with Crippen LogP contribution in [0.4, 0.5) is 11.9 Å². The Morgan fingerprint density at radius 1 is 1.24 bits per heavy atom. The minimum Gasteiger partial charge on any atom is -0.464 e. The summed E-state index contributed by atoms with van der Waals surface area (Å²) < 4.78 is 10.6. The van der Waals surface area contributed by atoms with E-state index >= 15 is 0 Å². The number of hydrogen-bond donors (Lipinski definition) is 1. The highest BCUT2D eigenvalue weighted by Gasteiger charge is 2.31. The van der Waals surface area contributed by atoms with E-state index in [-0.39, 0.29) is 0 Å². The molecule has 0 amide bonds. The van der Waals surface area contributed by atoms with E-state index in [2.05, 4.69) is 32.1 Å². The van der Waals surface area contributed by atoms with Gasteiger partial charge in [-0.2, -0.15) is 15.0 Å². The van der Waals surface area contributed by atoms with Crippen molar-refractivity contribution in [1.29, 1.82) is 0 Å². The summed E-state index contributed by atoms with van der Waals surface area (Å²) >= 11 is 0. The monoisotopic (exact) mass is 295 g/mol. The van der Waals surface area contributed by atoms with Gasteiger partial charge in [-0.15, -0.1) is 0 Å². The van der Waals surface area contributed by atoms with E-state index in [1.165, 1.54) is 12.8 Å². The molecule has 1 aliphatic carbocycles. The average molecular weight is 295 g/mol. The van der Waals surface area contributed by atoms with Crippen LogP contribution in [0.5, 0.6) is 6.01 Å². The number of nitrogens with zero attached hydrogens (tertiary/aromatic N) is 4. The van der Waals surface area contributed by atoms with Crippen LogP contribution in [0.15, 0.2) is 0 Å². The molecule has 0 bridgehead atoms. The van der Waals surface area contributed by atoms with E-state index in [1.807, 2.05) is 6.92 Å². The highest BCUT2D eigenvalue weighted by Crippen LogP contribution is 2.30. The van der Waals surface area contributed by atoms with Gasteiger partial charge in [-0.1, -0.05) is 6.92 Å². The van der Waals surface area contributed by atoms with Crippen LogP contribution in [-0.4, -0.2) is 54.4 Å². The molecular weight excluding hydrogens is 270 g/mol. The Labute approximate surface area is 126 Å². The molecule has 1 saturated carbocycles. The van der Waals surface area contributed by atoms with Gasteiger partial charge < -0.3 is 19.7 Å². The Morgan fingerprint density at radius 2 is 2.05 bits per heavy atom. The third kappa shape index (κ3) is 4.70. The zero-order valence-electron chi connectivity index (χ0n) is 13.1. The fourth-order valence-electron chi connectivity index (χ4n) is 2.01. The van der Waals surface area contributed by atoms with Gasteiger partial charge in [0.15, 0.2) is 0 Å². The van der Waals surface area contributed by atoms with Crippen LogP contribution < -0.4 is 15.0 Å². The van der Waals surface area contributed by atoms with Crippen LogP contribution in [0.1, 0.15) is 33.1 Å². The number of hydrogen-bond acceptors (Lipinski definition) is 7. The molecule has 7 heteroatoms. The van der Waals surface area contributed by atoms with E-state index in [0.717, 1.165) is 19.5 Å². The quantitative estimate of drug-likeness (QED) is 0.704. The molecule has 0 radical (unpaired) electrons. The van der Waals surface area contributed by atoms with Gasteiger partial charge in [-0.05, 0) is 26.2 Å². The van der Waals surface area contributed by atoms with Crippen molar-refractivity contribution >= 4 is 11.9 Å². The van der Waals surface area contributed by atoms with Crippen molar-refractivity contribution in [2.24, 2.45) is 0 Å². The van der Waals surface area contributed by atoms with E-state index < -0.39 is 0 Å². The molecule has 0 aliphatic heterocycles. The molecule has 0 saturated heterocycles. The molecule has 1 aromatic rings. The maximum absolute atomic E-state index is 5.46. The van der Waals surface area contributed by atoms with Gasteiger partial charge in [0.2, 0.25) is 11.9 Å². The fourth-order valence-corrected chi connectivity index (χ4v) is 2.01. The molecule has 1 aromatic heterocycles. The van der Waals surface area contributed by atoms with Gasteiger partial charge >= 0.3 is 6.01 Å². The molecule has 7 nitrogen and oxygen atoms in total. The lowest BCUT2D eigenvalue weighted by Gasteiger charge is -2.22. The lowest BCUT2D eigenvalue weighted by molar-refractivity contribution is 0.204. The van der Waals surface area contributed by atoms with E-state index in [4.69, 9.17) is 9.47 Å². The number of anilines is 2. The maximum atomic E-state index is 5.46. The van der Waals surface area contributed by atoms with Crippen LogP contribution in [0, 0.1) is 0 Å². The van der Waals surface area contributed by atoms with Gasteiger partial charge in [0.05, 0.1) is 13.2 Å². The first-order valence-electron chi connectivity index (χ1n) is 7.66. The first kappa shape index (κ1) is 15.8. The summed E-state index contributed by atoms with van der Waals surface area (Å²) in [7, 11) is 1.71. The summed E-state index contributed by atoms with van der Waals surface area (Å²) in [5.74, 6) is 1.25. The normalized spacial score (nSPS) is 14.0. The molecule has 1 aliphatic rings. The van der Waals surface area contributed by atoms with Gasteiger partial charge in [0, 0.05) is 26.2 Å². The van der Waals surface area contributed by atoms with Crippen molar-refractivity contribution in [3.8, 4) is 6.01 Å². The lowest BCUT2D eigenvalue weighted by atomic mass is 10.5. The van der Waals surface area contributed by atoms with Crippen LogP contribution in [-0.2, 0) is 4.74 Å². The van der Waals surface area contributed by atoms with Crippen molar-refractivity contribution in [2.75, 3.05) is 43.6 Å². The summed E-state index contributed by atoms with van der Waals surface area (Å²) in [6.45, 7) is 6.84. The van der Waals surface area contributed by atoms with Gasteiger partial charge in [0.1, 0.15) is 0 Å². The van der Waals surface area contributed by atoms with Gasteiger partial charge in [0.25, 0.3) is 0 Å². The molecule has 1 fully saturated rings. The van der Waals surface area contributed by atoms with Crippen LogP contribution in [0.25, 0.3) is 0 Å². The van der Waals surface area contributed by atoms with E-state index in [1.54, 1.807) is 7.11 Å². The third-order valence-corrected chi connectivity index (χ3v) is 3.19. The fraction of sp³-hybridized carbons (Fsp3) is 0.786. The standard InChI is InChI=1S/C14H25N5O2/c1-4-8-15-12-16-13(18-14(17-12)21-5-2)19(9-10-20-3)11-6-7-11/h11H,4-10H2,1-3H3,(H,15,16,17,18). The smallest absolute Gasteiger partial charge is 0.323 e. The second-order valence-corrected chi connectivity index (χ2v) is 5.02. The minimum absolute atomic E-state index is 0.379. The van der Waals surface area contributed by atoms with Crippen molar-refractivity contribution in [1.82, 2.24) is 15.0 Å². The Morgan fingerprint density at radius 3 is 2.67 bits per heavy atom. The predicted octanol–water partition coefficient (Wildman–Crippen LogP) is 1.71. The summed E-state index contributed by atoms with van der Waals surface area (Å²) in [6, 6.07) is 0.889. The summed E-state index contributed by atoms with van der Waals surface area (Å²) in [6.07, 6.45) is 3.37. The van der Waals surface area contributed by atoms with Gasteiger partial charge in [-0.3, -0.25) is 0 Å². The molecule has 21 heavy (non-hydrogen) atoms. The number of rotatable bonds is 10. The van der Waals surface area contributed by atoms with Crippen LogP contribution in [0.3, 0.4) is 0 Å². The van der Waals surface area contributed by atoms with Crippen molar-refractivity contribution < 1.29 is 9.47 Å². The van der Waals surface area contributed by atoms with Crippen molar-refractivity contribution in [2.45, 2.75) is 39.2 Å². The molecule has 1 N–H and O–H groups in total. The van der Waals surface area contributed by atoms with Crippen LogP contribution in [0.2, 0.25) is 0 Å². The second-order valence-electron chi connectivity index (χ2n) is 5.02. The number of methoxy groups -OCH3 is 1. The van der Waals surface area contributed by atoms with E-state index in [9.17, 15) is 0 Å². The second kappa shape index (κ2) is 7.97. The Bertz CT molecular complexity index is 439. The molecule has 0 atom stereocenters. The Kier molecular flexibility index (Phi) is 5.98. The SMILES string of the molecule is CCCNc1nc(OCC)nc(N(CCOC)C2CC2)n1. The zero-order valence-corrected chi connectivity index (χ0v) is 13.1. The highest BCUT2D eigenvalue weighted by molar-refractivity contribution is 5.40. The summed E-state index contributed by atoms with van der Waals surface area (Å²) in [5.41, 5.74) is 0. The zero-order chi connectivity index (χ0) is 15.1.